The summed E-state index contributed by atoms with van der Waals surface area (Å²) in [4.78, 5) is 36.5. The minimum atomic E-state index is -3.24. The summed E-state index contributed by atoms with van der Waals surface area (Å²) < 4.78 is 29.2. The average Bonchev–Trinajstić information content (AvgIpc) is 3.13. The van der Waals surface area contributed by atoms with E-state index in [-0.39, 0.29) is 36.9 Å². The zero-order valence-electron chi connectivity index (χ0n) is 19.1. The van der Waals surface area contributed by atoms with Crippen molar-refractivity contribution in [1.82, 2.24) is 10.6 Å². The lowest BCUT2D eigenvalue weighted by Crippen LogP contribution is -2.52. The lowest BCUT2D eigenvalue weighted by atomic mass is 9.98. The molecule has 9 nitrogen and oxygen atoms in total. The molecule has 2 unspecified atom stereocenters. The van der Waals surface area contributed by atoms with Gasteiger partial charge in [-0.15, -0.1) is 0 Å². The van der Waals surface area contributed by atoms with Gasteiger partial charge in [0, 0.05) is 18.4 Å². The van der Waals surface area contributed by atoms with Gasteiger partial charge in [-0.05, 0) is 41.5 Å². The van der Waals surface area contributed by atoms with Crippen molar-refractivity contribution in [3.8, 4) is 11.1 Å². The van der Waals surface area contributed by atoms with E-state index in [0.717, 1.165) is 22.3 Å². The number of alkyl carbamates (subject to hydrolysis) is 1. The Labute approximate surface area is 203 Å². The monoisotopic (exact) mass is 500 g/mol. The predicted molar refractivity (Wildman–Crippen MR) is 129 cm³/mol. The normalized spacial score (nSPS) is 19.1. The molecule has 1 aliphatic carbocycles. The van der Waals surface area contributed by atoms with Crippen LogP contribution < -0.4 is 10.6 Å². The number of carbonyl (C=O) groups excluding carboxylic acids is 2. The highest BCUT2D eigenvalue weighted by atomic mass is 32.2. The smallest absolute Gasteiger partial charge is 0.407 e. The van der Waals surface area contributed by atoms with Crippen LogP contribution in [0.3, 0.4) is 0 Å². The molecule has 0 bridgehead atoms. The van der Waals surface area contributed by atoms with Crippen LogP contribution >= 0.6 is 0 Å². The van der Waals surface area contributed by atoms with Crippen LogP contribution in [0.5, 0.6) is 0 Å². The summed E-state index contributed by atoms with van der Waals surface area (Å²) in [5.74, 6) is -1.99. The number of benzene rings is 2. The number of hydrogen-bond donors (Lipinski definition) is 3. The fraction of sp³-hybridized carbons (Fsp3) is 0.400. The number of fused-ring (bicyclic) bond motifs is 3. The van der Waals surface area contributed by atoms with Gasteiger partial charge in [-0.25, -0.2) is 13.2 Å². The van der Waals surface area contributed by atoms with E-state index in [9.17, 15) is 22.8 Å². The Morgan fingerprint density at radius 1 is 1.03 bits per heavy atom. The minimum Gasteiger partial charge on any atom is -0.481 e. The second-order valence-corrected chi connectivity index (χ2v) is 11.1. The van der Waals surface area contributed by atoms with Crippen molar-refractivity contribution in [1.29, 1.82) is 0 Å². The van der Waals surface area contributed by atoms with Crippen LogP contribution in [0.25, 0.3) is 11.1 Å². The molecule has 10 heteroatoms. The molecule has 1 aliphatic heterocycles. The van der Waals surface area contributed by atoms with Gasteiger partial charge in [0.1, 0.15) is 12.6 Å². The molecule has 1 fully saturated rings. The molecule has 186 valence electrons. The third-order valence-corrected chi connectivity index (χ3v) is 8.23. The molecule has 2 aromatic carbocycles. The first-order valence-electron chi connectivity index (χ1n) is 11.6. The molecule has 35 heavy (non-hydrogen) atoms. The van der Waals surface area contributed by atoms with Crippen LogP contribution in [-0.2, 0) is 24.2 Å². The highest BCUT2D eigenvalue weighted by molar-refractivity contribution is 7.91. The van der Waals surface area contributed by atoms with Gasteiger partial charge in [0.2, 0.25) is 5.91 Å². The molecule has 1 heterocycles. The zero-order chi connectivity index (χ0) is 25.0. The van der Waals surface area contributed by atoms with Gasteiger partial charge < -0.3 is 20.5 Å². The van der Waals surface area contributed by atoms with E-state index >= 15 is 0 Å². The molecule has 1 saturated heterocycles. The number of carboxylic acid groups (broad SMARTS) is 1. The Morgan fingerprint density at radius 3 is 2.26 bits per heavy atom. The first-order chi connectivity index (χ1) is 16.7. The molecule has 2 amide bonds. The molecule has 0 saturated carbocycles. The lowest BCUT2D eigenvalue weighted by Gasteiger charge is -2.26. The van der Waals surface area contributed by atoms with Gasteiger partial charge in [0.05, 0.1) is 11.5 Å². The van der Waals surface area contributed by atoms with E-state index in [0.29, 0.717) is 12.8 Å². The first-order valence-corrected chi connectivity index (χ1v) is 13.4. The van der Waals surface area contributed by atoms with Crippen LogP contribution in [0, 0.1) is 0 Å². The number of carboxylic acids is 1. The Morgan fingerprint density at radius 2 is 1.66 bits per heavy atom. The van der Waals surface area contributed by atoms with Crippen molar-refractivity contribution < 1.29 is 32.6 Å². The number of sulfone groups is 1. The quantitative estimate of drug-likeness (QED) is 0.506. The second kappa shape index (κ2) is 10.5. The van der Waals surface area contributed by atoms with Crippen LogP contribution in [-0.4, -0.2) is 61.7 Å². The zero-order valence-corrected chi connectivity index (χ0v) is 19.9. The standard InChI is InChI=1S/C25H28N2O7S/c28-23(29)12-11-22(24(30)26-16-6-5-13-35(32,33)15-16)27-25(31)34-14-21-19-9-3-1-7-17(19)18-8-2-4-10-20(18)21/h1-4,7-10,16,21-22H,5-6,11-15H2,(H,26,30)(H,27,31)(H,28,29). The summed E-state index contributed by atoms with van der Waals surface area (Å²) >= 11 is 0. The Hall–Kier alpha value is -3.40. The van der Waals surface area contributed by atoms with Crippen molar-refractivity contribution >= 4 is 27.8 Å². The highest BCUT2D eigenvalue weighted by Gasteiger charge is 2.31. The van der Waals surface area contributed by atoms with Gasteiger partial charge in [0.25, 0.3) is 0 Å². The van der Waals surface area contributed by atoms with Gasteiger partial charge >= 0.3 is 12.1 Å². The SMILES string of the molecule is O=C(O)CCC(NC(=O)OCC1c2ccccc2-c2ccccc21)C(=O)NC1CCCS(=O)(=O)C1. The number of hydrogen-bond acceptors (Lipinski definition) is 6. The number of aliphatic carboxylic acids is 1. The van der Waals surface area contributed by atoms with E-state index in [1.807, 2.05) is 48.5 Å². The van der Waals surface area contributed by atoms with Crippen LogP contribution in [0.15, 0.2) is 48.5 Å². The maximum absolute atomic E-state index is 12.8. The van der Waals surface area contributed by atoms with E-state index in [4.69, 9.17) is 9.84 Å². The molecule has 0 radical (unpaired) electrons. The average molecular weight is 501 g/mol. The second-order valence-electron chi connectivity index (χ2n) is 8.92. The Kier molecular flexibility index (Phi) is 7.39. The van der Waals surface area contributed by atoms with E-state index in [2.05, 4.69) is 10.6 Å². The van der Waals surface area contributed by atoms with Gasteiger partial charge in [-0.2, -0.15) is 0 Å². The molecule has 3 N–H and O–H groups in total. The maximum Gasteiger partial charge on any atom is 0.407 e. The van der Waals surface area contributed by atoms with E-state index in [1.54, 1.807) is 0 Å². The van der Waals surface area contributed by atoms with Crippen LogP contribution in [0.2, 0.25) is 0 Å². The fourth-order valence-corrected chi connectivity index (χ4v) is 6.39. The molecular formula is C25H28N2O7S. The van der Waals surface area contributed by atoms with Crippen molar-refractivity contribution in [2.24, 2.45) is 0 Å². The highest BCUT2D eigenvalue weighted by Crippen LogP contribution is 2.44. The predicted octanol–water partition coefficient (Wildman–Crippen LogP) is 2.45. The van der Waals surface area contributed by atoms with Crippen molar-refractivity contribution in [2.45, 2.75) is 43.7 Å². The number of ether oxygens (including phenoxy) is 1. The topological polar surface area (TPSA) is 139 Å². The van der Waals surface area contributed by atoms with Crippen molar-refractivity contribution in [3.63, 3.8) is 0 Å². The maximum atomic E-state index is 12.8. The number of carbonyl (C=O) groups is 3. The largest absolute Gasteiger partial charge is 0.481 e. The molecule has 4 rings (SSSR count). The minimum absolute atomic E-state index is 0.0496. The summed E-state index contributed by atoms with van der Waals surface area (Å²) in [6, 6.07) is 14.0. The Balaban J connectivity index is 1.40. The Bertz CT molecular complexity index is 1180. The number of nitrogens with one attached hydrogen (secondary N) is 2. The summed E-state index contributed by atoms with van der Waals surface area (Å²) in [5, 5.41) is 14.2. The molecular weight excluding hydrogens is 472 g/mol. The summed E-state index contributed by atoms with van der Waals surface area (Å²) in [7, 11) is -3.24. The van der Waals surface area contributed by atoms with Gasteiger partial charge in [-0.3, -0.25) is 9.59 Å². The molecule has 2 aliphatic rings. The van der Waals surface area contributed by atoms with Crippen molar-refractivity contribution in [3.05, 3.63) is 59.7 Å². The number of amides is 2. The summed E-state index contributed by atoms with van der Waals surface area (Å²) in [6.45, 7) is 0.0496. The molecule has 0 spiro atoms. The third kappa shape index (κ3) is 6.00. The molecule has 0 aromatic heterocycles. The van der Waals surface area contributed by atoms with Crippen LogP contribution in [0.1, 0.15) is 42.7 Å². The number of rotatable bonds is 8. The van der Waals surface area contributed by atoms with Crippen molar-refractivity contribution in [2.75, 3.05) is 18.1 Å². The fourth-order valence-electron chi connectivity index (χ4n) is 4.76. The third-order valence-electron chi connectivity index (χ3n) is 6.41. The van der Waals surface area contributed by atoms with Gasteiger partial charge in [0.15, 0.2) is 9.84 Å². The summed E-state index contributed by atoms with van der Waals surface area (Å²) in [5.41, 5.74) is 4.25. The van der Waals surface area contributed by atoms with Crippen LogP contribution in [0.4, 0.5) is 4.79 Å². The van der Waals surface area contributed by atoms with E-state index in [1.165, 1.54) is 0 Å². The lowest BCUT2D eigenvalue weighted by molar-refractivity contribution is -0.137. The van der Waals surface area contributed by atoms with Gasteiger partial charge in [-0.1, -0.05) is 48.5 Å². The van der Waals surface area contributed by atoms with E-state index < -0.39 is 39.9 Å². The molecule has 2 aromatic rings. The summed E-state index contributed by atoms with van der Waals surface area (Å²) in [6.07, 6.45) is -0.391. The molecule has 2 atom stereocenters. The first kappa shape index (κ1) is 24.7.